The number of benzene rings is 1. The molecule has 1 heterocycles. The van der Waals surface area contributed by atoms with Crippen molar-refractivity contribution in [1.82, 2.24) is 9.29 Å². The minimum absolute atomic E-state index is 0.0194. The van der Waals surface area contributed by atoms with Crippen LogP contribution in [0.5, 0.6) is 0 Å². The lowest BCUT2D eigenvalue weighted by molar-refractivity contribution is 0.101. The van der Waals surface area contributed by atoms with Gasteiger partial charge in [-0.1, -0.05) is 6.92 Å². The van der Waals surface area contributed by atoms with Crippen LogP contribution < -0.4 is 10.0 Å². The van der Waals surface area contributed by atoms with Crippen LogP contribution in [0, 0.1) is 11.6 Å². The van der Waals surface area contributed by atoms with E-state index < -0.39 is 34.2 Å². The maximum absolute atomic E-state index is 13.3. The van der Waals surface area contributed by atoms with Crippen LogP contribution in [0.4, 0.5) is 18.9 Å². The third-order valence-electron chi connectivity index (χ3n) is 3.89. The number of anilines is 1. The van der Waals surface area contributed by atoms with Crippen LogP contribution in [-0.2, 0) is 16.6 Å². The van der Waals surface area contributed by atoms with Gasteiger partial charge < -0.3 is 9.88 Å². The van der Waals surface area contributed by atoms with E-state index in [2.05, 4.69) is 10.0 Å². The van der Waals surface area contributed by atoms with E-state index in [-0.39, 0.29) is 28.9 Å². The molecule has 0 aliphatic carbocycles. The summed E-state index contributed by atoms with van der Waals surface area (Å²) in [6.45, 7) is 2.44. The molecule has 0 bridgehead atoms. The van der Waals surface area contributed by atoms with Crippen molar-refractivity contribution in [3.8, 4) is 0 Å². The molecule has 27 heavy (non-hydrogen) atoms. The maximum Gasteiger partial charge on any atom is 0.272 e. The van der Waals surface area contributed by atoms with Gasteiger partial charge in [0.05, 0.1) is 6.54 Å². The van der Waals surface area contributed by atoms with Crippen LogP contribution in [0.1, 0.15) is 30.8 Å². The van der Waals surface area contributed by atoms with Gasteiger partial charge in [0, 0.05) is 24.0 Å². The van der Waals surface area contributed by atoms with Gasteiger partial charge in [-0.15, -0.1) is 0 Å². The minimum Gasteiger partial charge on any atom is -0.339 e. The lowest BCUT2D eigenvalue weighted by Gasteiger charge is -2.10. The number of nitrogens with zero attached hydrogens (tertiary/aromatic N) is 1. The molecule has 6 nitrogen and oxygen atoms in total. The van der Waals surface area contributed by atoms with Crippen molar-refractivity contribution in [3.63, 3.8) is 0 Å². The molecule has 0 aliphatic rings. The summed E-state index contributed by atoms with van der Waals surface area (Å²) in [5.41, 5.74) is -0.143. The Bertz CT molecular complexity index is 929. The molecule has 2 rings (SSSR count). The van der Waals surface area contributed by atoms with E-state index >= 15 is 0 Å². The van der Waals surface area contributed by atoms with Crippen molar-refractivity contribution in [1.29, 1.82) is 0 Å². The maximum atomic E-state index is 13.3. The zero-order valence-corrected chi connectivity index (χ0v) is 15.6. The highest BCUT2D eigenvalue weighted by atomic mass is 32.2. The molecule has 0 saturated carbocycles. The van der Waals surface area contributed by atoms with Crippen molar-refractivity contribution in [2.24, 2.45) is 0 Å². The number of carbonyl (C=O) groups is 1. The molecule has 10 heteroatoms. The second kappa shape index (κ2) is 8.57. The summed E-state index contributed by atoms with van der Waals surface area (Å²) in [4.78, 5) is 12.3. The Hall–Kier alpha value is -2.33. The molecule has 148 valence electrons. The van der Waals surface area contributed by atoms with Gasteiger partial charge in [0.25, 0.3) is 5.91 Å². The molecule has 2 N–H and O–H groups in total. The molecule has 0 saturated heterocycles. The molecule has 1 aromatic carbocycles. The molecular weight excluding hydrogens is 383 g/mol. The van der Waals surface area contributed by atoms with Crippen molar-refractivity contribution >= 4 is 21.6 Å². The second-order valence-corrected chi connectivity index (χ2v) is 7.67. The molecular formula is C17H20F3N3O3S. The zero-order chi connectivity index (χ0) is 20.2. The number of halogens is 3. The van der Waals surface area contributed by atoms with E-state index in [0.717, 1.165) is 35.0 Å². The van der Waals surface area contributed by atoms with E-state index in [1.165, 1.54) is 0 Å². The van der Waals surface area contributed by atoms with E-state index in [0.29, 0.717) is 6.42 Å². The Balaban J connectivity index is 2.33. The Labute approximate surface area is 155 Å². The van der Waals surface area contributed by atoms with Crippen molar-refractivity contribution in [3.05, 3.63) is 47.8 Å². The summed E-state index contributed by atoms with van der Waals surface area (Å²) < 4.78 is 67.5. The smallest absolute Gasteiger partial charge is 0.272 e. The second-order valence-electron chi connectivity index (χ2n) is 5.96. The highest BCUT2D eigenvalue weighted by Gasteiger charge is 2.23. The topological polar surface area (TPSA) is 80.2 Å². The third-order valence-corrected chi connectivity index (χ3v) is 5.44. The first-order valence-electron chi connectivity index (χ1n) is 8.22. The molecule has 1 amide bonds. The van der Waals surface area contributed by atoms with Crippen molar-refractivity contribution in [2.75, 3.05) is 12.0 Å². The van der Waals surface area contributed by atoms with Gasteiger partial charge in [0.15, 0.2) is 11.6 Å². The zero-order valence-electron chi connectivity index (χ0n) is 14.8. The number of aromatic nitrogens is 1. The number of amides is 1. The summed E-state index contributed by atoms with van der Waals surface area (Å²) in [6.07, 6.45) is 1.72. The van der Waals surface area contributed by atoms with Crippen molar-refractivity contribution < 1.29 is 26.4 Å². The average Bonchev–Trinajstić information content (AvgIpc) is 3.03. The number of alkyl halides is 1. The number of sulfonamides is 1. The van der Waals surface area contributed by atoms with Gasteiger partial charge in [-0.3, -0.25) is 4.79 Å². The van der Waals surface area contributed by atoms with Gasteiger partial charge in [0.1, 0.15) is 17.3 Å². The van der Waals surface area contributed by atoms with E-state index in [4.69, 9.17) is 0 Å². The minimum atomic E-state index is -3.89. The Kier molecular flexibility index (Phi) is 6.66. The Morgan fingerprint density at radius 2 is 1.93 bits per heavy atom. The first kappa shape index (κ1) is 21.0. The van der Waals surface area contributed by atoms with Gasteiger partial charge in [-0.2, -0.15) is 0 Å². The lowest BCUT2D eigenvalue weighted by Crippen LogP contribution is -2.31. The monoisotopic (exact) mass is 403 g/mol. The fourth-order valence-corrected chi connectivity index (χ4v) is 3.65. The summed E-state index contributed by atoms with van der Waals surface area (Å²) >= 11 is 0. The summed E-state index contributed by atoms with van der Waals surface area (Å²) in [6, 6.07) is 3.57. The van der Waals surface area contributed by atoms with Crippen LogP contribution >= 0.6 is 0 Å². The fraction of sp³-hybridized carbons (Fsp3) is 0.353. The molecule has 1 atom stereocenters. The van der Waals surface area contributed by atoms with Gasteiger partial charge in [-0.05, 0) is 31.5 Å². The van der Waals surface area contributed by atoms with Crippen molar-refractivity contribution in [2.45, 2.75) is 37.8 Å². The number of nitrogens with one attached hydrogen (secondary N) is 2. The molecule has 2 aromatic rings. The number of aryl methyl sites for hydroxylation is 1. The van der Waals surface area contributed by atoms with E-state index in [9.17, 15) is 26.4 Å². The standard InChI is InChI=1S/C17H20F3N3O3S/c1-3-11(2)22-27(25,26)13-9-16(23(10-13)7-6-18)17(24)21-12-4-5-14(19)15(20)8-12/h4-5,8-11,22H,3,6-7H2,1-2H3,(H,21,24)/t11-/m1/s1. The summed E-state index contributed by atoms with van der Waals surface area (Å²) in [5.74, 6) is -2.99. The molecule has 1 aromatic heterocycles. The first-order valence-corrected chi connectivity index (χ1v) is 9.71. The number of rotatable bonds is 8. The average molecular weight is 403 g/mol. The molecule has 0 fully saturated rings. The summed E-state index contributed by atoms with van der Waals surface area (Å²) in [5, 5.41) is 2.34. The van der Waals surface area contributed by atoms with Gasteiger partial charge in [-0.25, -0.2) is 26.3 Å². The number of carbonyl (C=O) groups excluding carboxylic acids is 1. The molecule has 0 radical (unpaired) electrons. The first-order chi connectivity index (χ1) is 12.7. The quantitative estimate of drug-likeness (QED) is 0.711. The lowest BCUT2D eigenvalue weighted by atomic mass is 10.3. The fourth-order valence-electron chi connectivity index (χ4n) is 2.28. The van der Waals surface area contributed by atoms with Gasteiger partial charge in [0.2, 0.25) is 10.0 Å². The predicted molar refractivity (Wildman–Crippen MR) is 94.8 cm³/mol. The number of hydrogen-bond donors (Lipinski definition) is 2. The Morgan fingerprint density at radius 1 is 1.22 bits per heavy atom. The van der Waals surface area contributed by atoms with Crippen LogP contribution in [0.15, 0.2) is 35.4 Å². The molecule has 0 unspecified atom stereocenters. The normalized spacial score (nSPS) is 12.8. The summed E-state index contributed by atoms with van der Waals surface area (Å²) in [7, 11) is -3.89. The van der Waals surface area contributed by atoms with E-state index in [1.807, 2.05) is 6.92 Å². The van der Waals surface area contributed by atoms with Crippen LogP contribution in [0.2, 0.25) is 0 Å². The SMILES string of the molecule is CC[C@@H](C)NS(=O)(=O)c1cc(C(=O)Nc2ccc(F)c(F)c2)n(CCF)c1. The van der Waals surface area contributed by atoms with Crippen LogP contribution in [0.3, 0.4) is 0 Å². The number of hydrogen-bond acceptors (Lipinski definition) is 3. The van der Waals surface area contributed by atoms with Crippen LogP contribution in [-0.4, -0.2) is 31.6 Å². The Morgan fingerprint density at radius 3 is 2.52 bits per heavy atom. The highest BCUT2D eigenvalue weighted by Crippen LogP contribution is 2.19. The largest absolute Gasteiger partial charge is 0.339 e. The molecule has 0 aliphatic heterocycles. The predicted octanol–water partition coefficient (Wildman–Crippen LogP) is 3.06. The molecule has 0 spiro atoms. The third kappa shape index (κ3) is 5.10. The van der Waals surface area contributed by atoms with Gasteiger partial charge >= 0.3 is 0 Å². The van der Waals surface area contributed by atoms with E-state index in [1.54, 1.807) is 6.92 Å². The van der Waals surface area contributed by atoms with Crippen LogP contribution in [0.25, 0.3) is 0 Å². The highest BCUT2D eigenvalue weighted by molar-refractivity contribution is 7.89.